The summed E-state index contributed by atoms with van der Waals surface area (Å²) in [4.78, 5) is 25.9. The van der Waals surface area contributed by atoms with E-state index in [1.165, 1.54) is 0 Å². The van der Waals surface area contributed by atoms with Crippen molar-refractivity contribution in [2.24, 2.45) is 0 Å². The lowest BCUT2D eigenvalue weighted by molar-refractivity contribution is -0.123. The molecule has 1 aromatic rings. The molecule has 134 valence electrons. The fourth-order valence-electron chi connectivity index (χ4n) is 2.39. The molecule has 1 rings (SSSR count). The molecule has 0 bridgehead atoms. The van der Waals surface area contributed by atoms with Crippen LogP contribution in [0.3, 0.4) is 0 Å². The molecule has 0 fully saturated rings. The molecule has 1 aromatic carbocycles. The molecule has 0 saturated carbocycles. The van der Waals surface area contributed by atoms with Crippen LogP contribution in [0.1, 0.15) is 33.6 Å². The van der Waals surface area contributed by atoms with Crippen LogP contribution in [0.15, 0.2) is 24.3 Å². The molecule has 6 nitrogen and oxygen atoms in total. The smallest absolute Gasteiger partial charge is 0.238 e. The largest absolute Gasteiger partial charge is 0.497 e. The van der Waals surface area contributed by atoms with Crippen molar-refractivity contribution in [1.29, 1.82) is 0 Å². The Hall–Kier alpha value is -2.08. The van der Waals surface area contributed by atoms with E-state index >= 15 is 0 Å². The standard InChI is InChI=1S/C18H29N3O3/c1-5-7-14(3)19-17(22)12-21(6-2)13-18(23)20-15-8-10-16(24-4)11-9-15/h8-11,14H,5-7,12-13H2,1-4H3,(H,19,22)(H,20,23). The molecular formula is C18H29N3O3. The monoisotopic (exact) mass is 335 g/mol. The Balaban J connectivity index is 2.45. The van der Waals surface area contributed by atoms with Crippen LogP contribution in [-0.2, 0) is 9.59 Å². The summed E-state index contributed by atoms with van der Waals surface area (Å²) in [7, 11) is 1.60. The fourth-order valence-corrected chi connectivity index (χ4v) is 2.39. The third-order valence-electron chi connectivity index (χ3n) is 3.68. The Labute approximate surface area is 144 Å². The van der Waals surface area contributed by atoms with Crippen molar-refractivity contribution >= 4 is 17.5 Å². The van der Waals surface area contributed by atoms with Gasteiger partial charge in [-0.3, -0.25) is 14.5 Å². The van der Waals surface area contributed by atoms with Crippen molar-refractivity contribution in [3.8, 4) is 5.75 Å². The highest BCUT2D eigenvalue weighted by Crippen LogP contribution is 2.14. The van der Waals surface area contributed by atoms with E-state index in [0.717, 1.165) is 18.6 Å². The van der Waals surface area contributed by atoms with Crippen LogP contribution in [0.5, 0.6) is 5.75 Å². The Bertz CT molecular complexity index is 517. The van der Waals surface area contributed by atoms with Gasteiger partial charge in [-0.15, -0.1) is 0 Å². The van der Waals surface area contributed by atoms with Crippen molar-refractivity contribution in [3.05, 3.63) is 24.3 Å². The van der Waals surface area contributed by atoms with E-state index in [1.54, 1.807) is 31.4 Å². The first-order chi connectivity index (χ1) is 11.5. The Kier molecular flexibility index (Phi) is 8.86. The Morgan fingerprint density at radius 2 is 1.75 bits per heavy atom. The number of amides is 2. The Morgan fingerprint density at radius 1 is 1.12 bits per heavy atom. The second kappa shape index (κ2) is 10.6. The topological polar surface area (TPSA) is 70.7 Å². The third kappa shape index (κ3) is 7.46. The lowest BCUT2D eigenvalue weighted by Crippen LogP contribution is -2.43. The zero-order valence-corrected chi connectivity index (χ0v) is 15.1. The normalized spacial score (nSPS) is 11.9. The van der Waals surface area contributed by atoms with Gasteiger partial charge in [0, 0.05) is 11.7 Å². The molecule has 2 N–H and O–H groups in total. The molecule has 0 aliphatic heterocycles. The number of benzene rings is 1. The molecule has 6 heteroatoms. The maximum atomic E-state index is 12.1. The zero-order valence-electron chi connectivity index (χ0n) is 15.1. The van der Waals surface area contributed by atoms with Gasteiger partial charge < -0.3 is 15.4 Å². The van der Waals surface area contributed by atoms with Crippen LogP contribution in [0.2, 0.25) is 0 Å². The van der Waals surface area contributed by atoms with E-state index in [9.17, 15) is 9.59 Å². The average molecular weight is 335 g/mol. The summed E-state index contributed by atoms with van der Waals surface area (Å²) in [6.07, 6.45) is 1.99. The summed E-state index contributed by atoms with van der Waals surface area (Å²) < 4.78 is 5.08. The van der Waals surface area contributed by atoms with Gasteiger partial charge in [-0.1, -0.05) is 20.3 Å². The van der Waals surface area contributed by atoms with Gasteiger partial charge in [0.25, 0.3) is 0 Å². The van der Waals surface area contributed by atoms with Gasteiger partial charge in [0.1, 0.15) is 5.75 Å². The number of ether oxygens (including phenoxy) is 1. The molecule has 0 aliphatic rings. The minimum atomic E-state index is -0.142. The van der Waals surface area contributed by atoms with Crippen LogP contribution in [0.4, 0.5) is 5.69 Å². The highest BCUT2D eigenvalue weighted by atomic mass is 16.5. The van der Waals surface area contributed by atoms with E-state index in [1.807, 2.05) is 18.7 Å². The predicted molar refractivity (Wildman–Crippen MR) is 96.3 cm³/mol. The van der Waals surface area contributed by atoms with Crippen LogP contribution in [-0.4, -0.2) is 49.5 Å². The number of nitrogens with zero attached hydrogens (tertiary/aromatic N) is 1. The summed E-state index contributed by atoms with van der Waals surface area (Å²) in [5, 5.41) is 5.78. The second-order valence-corrected chi connectivity index (χ2v) is 5.84. The van der Waals surface area contributed by atoms with Gasteiger partial charge in [0.2, 0.25) is 11.8 Å². The number of likely N-dealkylation sites (N-methyl/N-ethyl adjacent to an activating group) is 1. The fraction of sp³-hybridized carbons (Fsp3) is 0.556. The maximum absolute atomic E-state index is 12.1. The van der Waals surface area contributed by atoms with Gasteiger partial charge in [0.05, 0.1) is 20.2 Å². The zero-order chi connectivity index (χ0) is 17.9. The van der Waals surface area contributed by atoms with E-state index in [0.29, 0.717) is 12.2 Å². The Morgan fingerprint density at radius 3 is 2.29 bits per heavy atom. The van der Waals surface area contributed by atoms with Crippen molar-refractivity contribution in [2.75, 3.05) is 32.1 Å². The average Bonchev–Trinajstić information content (AvgIpc) is 2.54. The summed E-state index contributed by atoms with van der Waals surface area (Å²) in [5.41, 5.74) is 0.706. The third-order valence-corrected chi connectivity index (χ3v) is 3.68. The number of hydrogen-bond acceptors (Lipinski definition) is 4. The molecule has 24 heavy (non-hydrogen) atoms. The summed E-state index contributed by atoms with van der Waals surface area (Å²) in [5.74, 6) is 0.549. The molecule has 0 saturated heterocycles. The van der Waals surface area contributed by atoms with Crippen LogP contribution < -0.4 is 15.4 Å². The van der Waals surface area contributed by atoms with Crippen molar-refractivity contribution < 1.29 is 14.3 Å². The number of nitrogens with one attached hydrogen (secondary N) is 2. The molecule has 0 heterocycles. The van der Waals surface area contributed by atoms with Crippen molar-refractivity contribution in [2.45, 2.75) is 39.7 Å². The first-order valence-corrected chi connectivity index (χ1v) is 8.44. The van der Waals surface area contributed by atoms with Gasteiger partial charge in [-0.2, -0.15) is 0 Å². The lowest BCUT2D eigenvalue weighted by Gasteiger charge is -2.21. The SMILES string of the molecule is CCCC(C)NC(=O)CN(CC)CC(=O)Nc1ccc(OC)cc1. The molecule has 0 spiro atoms. The van der Waals surface area contributed by atoms with Crippen LogP contribution in [0, 0.1) is 0 Å². The van der Waals surface area contributed by atoms with Crippen LogP contribution >= 0.6 is 0 Å². The minimum Gasteiger partial charge on any atom is -0.497 e. The summed E-state index contributed by atoms with van der Waals surface area (Å²) in [6.45, 7) is 7.05. The highest BCUT2D eigenvalue weighted by Gasteiger charge is 2.14. The molecule has 2 amide bonds. The number of anilines is 1. The summed E-state index contributed by atoms with van der Waals surface area (Å²) >= 11 is 0. The van der Waals surface area contributed by atoms with Gasteiger partial charge in [-0.05, 0) is 44.2 Å². The molecule has 1 atom stereocenters. The summed E-state index contributed by atoms with van der Waals surface area (Å²) in [6, 6.07) is 7.30. The number of carbonyl (C=O) groups is 2. The first-order valence-electron chi connectivity index (χ1n) is 8.44. The van der Waals surface area contributed by atoms with E-state index < -0.39 is 0 Å². The van der Waals surface area contributed by atoms with E-state index in [4.69, 9.17) is 4.74 Å². The molecular weight excluding hydrogens is 306 g/mol. The van der Waals surface area contributed by atoms with Gasteiger partial charge in [0.15, 0.2) is 0 Å². The first kappa shape index (κ1) is 20.0. The number of methoxy groups -OCH3 is 1. The molecule has 0 aliphatic carbocycles. The number of rotatable bonds is 10. The van der Waals surface area contributed by atoms with E-state index in [2.05, 4.69) is 17.6 Å². The molecule has 1 unspecified atom stereocenters. The second-order valence-electron chi connectivity index (χ2n) is 5.84. The lowest BCUT2D eigenvalue weighted by atomic mass is 10.2. The number of hydrogen-bond donors (Lipinski definition) is 2. The highest BCUT2D eigenvalue weighted by molar-refractivity contribution is 5.92. The van der Waals surface area contributed by atoms with Crippen molar-refractivity contribution in [3.63, 3.8) is 0 Å². The quantitative estimate of drug-likeness (QED) is 0.688. The predicted octanol–water partition coefficient (Wildman–Crippen LogP) is 2.26. The maximum Gasteiger partial charge on any atom is 0.238 e. The van der Waals surface area contributed by atoms with Crippen molar-refractivity contribution in [1.82, 2.24) is 10.2 Å². The van der Waals surface area contributed by atoms with Gasteiger partial charge >= 0.3 is 0 Å². The van der Waals surface area contributed by atoms with E-state index in [-0.39, 0.29) is 30.9 Å². The molecule has 0 radical (unpaired) electrons. The number of carbonyl (C=O) groups excluding carboxylic acids is 2. The minimum absolute atomic E-state index is 0.0463. The van der Waals surface area contributed by atoms with Gasteiger partial charge in [-0.25, -0.2) is 0 Å². The molecule has 0 aromatic heterocycles. The van der Waals surface area contributed by atoms with Crippen LogP contribution in [0.25, 0.3) is 0 Å².